The van der Waals surface area contributed by atoms with Gasteiger partial charge >= 0.3 is 7.60 Å². The van der Waals surface area contributed by atoms with Gasteiger partial charge in [-0.15, -0.1) is 0 Å². The lowest BCUT2D eigenvalue weighted by Crippen LogP contribution is -2.39. The fourth-order valence-electron chi connectivity index (χ4n) is 1.79. The maximum atomic E-state index is 11.7. The van der Waals surface area contributed by atoms with Crippen molar-refractivity contribution < 1.29 is 24.1 Å². The first kappa shape index (κ1) is 15.7. The van der Waals surface area contributed by atoms with E-state index in [1.165, 1.54) is 12.1 Å². The van der Waals surface area contributed by atoms with E-state index in [-0.39, 0.29) is 17.2 Å². The first-order chi connectivity index (χ1) is 9.72. The SMILES string of the molecule is Nc1nonc1NC(O)(Cl)C(c1ccccc1)P(=O)(O)O. The highest BCUT2D eigenvalue weighted by Crippen LogP contribution is 2.58. The topological polar surface area (TPSA) is 155 Å². The van der Waals surface area contributed by atoms with E-state index in [0.29, 0.717) is 0 Å². The second-order valence-corrected chi connectivity index (χ2v) is 6.47. The Balaban J connectivity index is 2.41. The van der Waals surface area contributed by atoms with Gasteiger partial charge in [0.15, 0.2) is 0 Å². The Labute approximate surface area is 123 Å². The van der Waals surface area contributed by atoms with E-state index in [9.17, 15) is 19.5 Å². The van der Waals surface area contributed by atoms with E-state index in [1.54, 1.807) is 18.2 Å². The van der Waals surface area contributed by atoms with E-state index in [4.69, 9.17) is 17.3 Å². The van der Waals surface area contributed by atoms with E-state index in [2.05, 4.69) is 20.3 Å². The second kappa shape index (κ2) is 5.63. The minimum absolute atomic E-state index is 0.130. The van der Waals surface area contributed by atoms with E-state index in [1.807, 2.05) is 0 Å². The molecule has 0 saturated carbocycles. The molecule has 11 heteroatoms. The van der Waals surface area contributed by atoms with Crippen molar-refractivity contribution in [2.24, 2.45) is 0 Å². The zero-order chi connectivity index (χ0) is 15.7. The van der Waals surface area contributed by atoms with Crippen LogP contribution in [0.1, 0.15) is 11.2 Å². The number of halogens is 1. The van der Waals surface area contributed by atoms with Gasteiger partial charge < -0.3 is 25.9 Å². The Hall–Kier alpha value is -1.64. The normalized spacial score (nSPS) is 16.2. The second-order valence-electron chi connectivity index (χ2n) is 4.20. The molecule has 9 nitrogen and oxygen atoms in total. The average molecular weight is 335 g/mol. The lowest BCUT2D eigenvalue weighted by atomic mass is 10.1. The van der Waals surface area contributed by atoms with E-state index >= 15 is 0 Å². The Morgan fingerprint density at radius 1 is 1.33 bits per heavy atom. The largest absolute Gasteiger partial charge is 0.378 e. The molecular formula is C10H12ClN4O5P. The summed E-state index contributed by atoms with van der Waals surface area (Å²) in [5.74, 6) is -0.450. The third-order valence-corrected chi connectivity index (χ3v) is 4.43. The number of nitrogens with two attached hydrogens (primary N) is 1. The standard InChI is InChI=1S/C10H12ClN4O5P/c11-10(16,13-9-8(12)14-20-15-9)7(21(17,18)19)6-4-2-1-3-5-6/h1-5,7,16H,(H2,12,14)(H,13,15)(H2,17,18,19). The van der Waals surface area contributed by atoms with Gasteiger partial charge in [-0.05, 0) is 15.9 Å². The third kappa shape index (κ3) is 3.52. The number of aliphatic hydroxyl groups is 1. The van der Waals surface area contributed by atoms with Gasteiger partial charge in [0.1, 0.15) is 5.66 Å². The number of rotatable bonds is 5. The molecule has 0 aliphatic rings. The summed E-state index contributed by atoms with van der Waals surface area (Å²) in [6, 6.07) is 7.60. The Morgan fingerprint density at radius 2 is 1.95 bits per heavy atom. The zero-order valence-corrected chi connectivity index (χ0v) is 12.1. The van der Waals surface area contributed by atoms with Crippen molar-refractivity contribution >= 4 is 30.8 Å². The number of anilines is 2. The van der Waals surface area contributed by atoms with Crippen molar-refractivity contribution in [1.29, 1.82) is 0 Å². The van der Waals surface area contributed by atoms with Crippen LogP contribution in [0.25, 0.3) is 0 Å². The highest BCUT2D eigenvalue weighted by atomic mass is 35.5. The average Bonchev–Trinajstić information content (AvgIpc) is 2.73. The monoisotopic (exact) mass is 334 g/mol. The smallest absolute Gasteiger partial charge is 0.339 e. The quantitative estimate of drug-likeness (QED) is 0.232. The summed E-state index contributed by atoms with van der Waals surface area (Å²) in [5, 5.41) is 16.5. The molecule has 0 radical (unpaired) electrons. The molecule has 114 valence electrons. The van der Waals surface area contributed by atoms with E-state index < -0.39 is 18.4 Å². The van der Waals surface area contributed by atoms with Crippen molar-refractivity contribution in [3.8, 4) is 0 Å². The van der Waals surface area contributed by atoms with Crippen molar-refractivity contribution in [1.82, 2.24) is 10.3 Å². The number of nitrogens with one attached hydrogen (secondary N) is 1. The van der Waals surface area contributed by atoms with Crippen LogP contribution < -0.4 is 11.1 Å². The molecule has 1 aromatic heterocycles. The molecule has 21 heavy (non-hydrogen) atoms. The van der Waals surface area contributed by atoms with Crippen molar-refractivity contribution in [2.75, 3.05) is 11.1 Å². The molecule has 1 heterocycles. The molecular weight excluding hydrogens is 323 g/mol. The Bertz CT molecular complexity index is 658. The van der Waals surface area contributed by atoms with E-state index in [0.717, 1.165) is 0 Å². The molecule has 1 aromatic carbocycles. The molecule has 0 aliphatic carbocycles. The molecule has 2 aromatic rings. The van der Waals surface area contributed by atoms with Crippen molar-refractivity contribution in [2.45, 2.75) is 10.8 Å². The molecule has 0 fully saturated rings. The van der Waals surface area contributed by atoms with Gasteiger partial charge in [-0.1, -0.05) is 41.9 Å². The number of alkyl halides is 1. The molecule has 0 saturated heterocycles. The van der Waals surface area contributed by atoms with Gasteiger partial charge in [-0.3, -0.25) is 4.57 Å². The first-order valence-corrected chi connectivity index (χ1v) is 7.65. The van der Waals surface area contributed by atoms with Crippen LogP contribution in [0, 0.1) is 0 Å². The Morgan fingerprint density at radius 3 is 2.43 bits per heavy atom. The lowest BCUT2D eigenvalue weighted by molar-refractivity contribution is 0.140. The summed E-state index contributed by atoms with van der Waals surface area (Å²) in [5.41, 5.74) is 3.77. The van der Waals surface area contributed by atoms with Crippen LogP contribution >= 0.6 is 19.2 Å². The van der Waals surface area contributed by atoms with Gasteiger partial charge in [0.05, 0.1) is 0 Å². The highest BCUT2D eigenvalue weighted by molar-refractivity contribution is 7.52. The van der Waals surface area contributed by atoms with Crippen molar-refractivity contribution in [3.05, 3.63) is 35.9 Å². The fraction of sp³-hybridized carbons (Fsp3) is 0.200. The number of aromatic nitrogens is 2. The number of hydrogen-bond acceptors (Lipinski definition) is 7. The summed E-state index contributed by atoms with van der Waals surface area (Å²) >= 11 is 5.87. The number of hydrogen-bond donors (Lipinski definition) is 5. The first-order valence-electron chi connectivity index (χ1n) is 5.59. The number of benzene rings is 1. The maximum Gasteiger partial charge on any atom is 0.339 e. The minimum atomic E-state index is -4.82. The van der Waals surface area contributed by atoms with Gasteiger partial charge in [0.2, 0.25) is 16.8 Å². The summed E-state index contributed by atoms with van der Waals surface area (Å²) in [6.45, 7) is 0. The van der Waals surface area contributed by atoms with Crippen LogP contribution in [0.3, 0.4) is 0 Å². The third-order valence-electron chi connectivity index (χ3n) is 2.62. The molecule has 0 bridgehead atoms. The Kier molecular flexibility index (Phi) is 4.22. The van der Waals surface area contributed by atoms with Crippen LogP contribution in [0.5, 0.6) is 0 Å². The molecule has 2 atom stereocenters. The van der Waals surface area contributed by atoms with Gasteiger partial charge in [-0.25, -0.2) is 4.63 Å². The minimum Gasteiger partial charge on any atom is -0.378 e. The van der Waals surface area contributed by atoms with Gasteiger partial charge in [0.25, 0.3) is 0 Å². The lowest BCUT2D eigenvalue weighted by Gasteiger charge is -2.31. The van der Waals surface area contributed by atoms with Gasteiger partial charge in [-0.2, -0.15) is 0 Å². The van der Waals surface area contributed by atoms with Crippen LogP contribution in [-0.2, 0) is 4.57 Å². The summed E-state index contributed by atoms with van der Waals surface area (Å²) < 4.78 is 16.0. The van der Waals surface area contributed by atoms with Crippen LogP contribution in [0.2, 0.25) is 0 Å². The predicted molar refractivity (Wildman–Crippen MR) is 74.4 cm³/mol. The summed E-state index contributed by atoms with van der Waals surface area (Å²) in [4.78, 5) is 19.0. The maximum absolute atomic E-state index is 11.7. The van der Waals surface area contributed by atoms with Crippen molar-refractivity contribution in [3.63, 3.8) is 0 Å². The molecule has 2 rings (SSSR count). The molecule has 0 spiro atoms. The van der Waals surface area contributed by atoms with Crippen LogP contribution in [0.15, 0.2) is 35.0 Å². The molecule has 6 N–H and O–H groups in total. The zero-order valence-electron chi connectivity index (χ0n) is 10.4. The van der Waals surface area contributed by atoms with Gasteiger partial charge in [0, 0.05) is 0 Å². The number of nitrogen functional groups attached to an aromatic ring is 1. The molecule has 0 amide bonds. The molecule has 0 aliphatic heterocycles. The fourth-order valence-corrected chi connectivity index (χ4v) is 3.46. The highest BCUT2D eigenvalue weighted by Gasteiger charge is 2.48. The predicted octanol–water partition coefficient (Wildman–Crippen LogP) is 0.868. The molecule has 2 unspecified atom stereocenters. The van der Waals surface area contributed by atoms with Crippen LogP contribution in [-0.4, -0.2) is 30.4 Å². The van der Waals surface area contributed by atoms with Crippen LogP contribution in [0.4, 0.5) is 11.6 Å². The summed E-state index contributed by atoms with van der Waals surface area (Å²) in [7, 11) is -4.82. The summed E-state index contributed by atoms with van der Waals surface area (Å²) in [6.07, 6.45) is 0. The number of nitrogens with zero attached hydrogens (tertiary/aromatic N) is 2.